The number of methoxy groups -OCH3 is 2. The van der Waals surface area contributed by atoms with Gasteiger partial charge in [0.2, 0.25) is 6.10 Å². The van der Waals surface area contributed by atoms with Gasteiger partial charge in [0.15, 0.2) is 23.0 Å². The molecule has 0 spiro atoms. The van der Waals surface area contributed by atoms with Crippen molar-refractivity contribution in [3.63, 3.8) is 0 Å². The third-order valence-corrected chi connectivity index (χ3v) is 3.72. The number of rotatable bonds is 5. The summed E-state index contributed by atoms with van der Waals surface area (Å²) in [6, 6.07) is 12.8. The van der Waals surface area contributed by atoms with Crippen LogP contribution in [0, 0.1) is 0 Å². The van der Waals surface area contributed by atoms with Crippen molar-refractivity contribution in [1.82, 2.24) is 5.32 Å². The third kappa shape index (κ3) is 3.37. The van der Waals surface area contributed by atoms with Gasteiger partial charge in [-0.15, -0.1) is 0 Å². The van der Waals surface area contributed by atoms with Crippen molar-refractivity contribution < 1.29 is 23.7 Å². The molecule has 24 heavy (non-hydrogen) atoms. The highest BCUT2D eigenvalue weighted by atomic mass is 16.6. The first-order chi connectivity index (χ1) is 11.7. The van der Waals surface area contributed by atoms with E-state index < -0.39 is 6.10 Å². The Morgan fingerprint density at radius 3 is 2.62 bits per heavy atom. The van der Waals surface area contributed by atoms with Gasteiger partial charge in [0.25, 0.3) is 5.91 Å². The average Bonchev–Trinajstić information content (AvgIpc) is 2.65. The molecule has 0 saturated carbocycles. The van der Waals surface area contributed by atoms with Crippen molar-refractivity contribution in [2.75, 3.05) is 20.8 Å². The van der Waals surface area contributed by atoms with Gasteiger partial charge in [0, 0.05) is 6.54 Å². The molecule has 6 heteroatoms. The molecule has 1 aliphatic heterocycles. The Bertz CT molecular complexity index is 731. The second-order valence-electron chi connectivity index (χ2n) is 5.27. The molecule has 1 heterocycles. The minimum Gasteiger partial charge on any atom is -0.493 e. The summed E-state index contributed by atoms with van der Waals surface area (Å²) in [6.45, 7) is 0.551. The zero-order valence-electron chi connectivity index (χ0n) is 13.6. The molecule has 1 atom stereocenters. The highest BCUT2D eigenvalue weighted by Crippen LogP contribution is 2.31. The lowest BCUT2D eigenvalue weighted by atomic mass is 10.2. The van der Waals surface area contributed by atoms with Crippen LogP contribution >= 0.6 is 0 Å². The Kier molecular flexibility index (Phi) is 4.74. The molecule has 0 fully saturated rings. The molecule has 1 amide bonds. The highest BCUT2D eigenvalue weighted by Gasteiger charge is 2.26. The Morgan fingerprint density at radius 1 is 1.12 bits per heavy atom. The molecule has 0 aromatic heterocycles. The quantitative estimate of drug-likeness (QED) is 0.910. The molecule has 0 saturated heterocycles. The van der Waals surface area contributed by atoms with Crippen LogP contribution in [0.25, 0.3) is 0 Å². The van der Waals surface area contributed by atoms with Crippen molar-refractivity contribution in [2.24, 2.45) is 0 Å². The van der Waals surface area contributed by atoms with Gasteiger partial charge < -0.3 is 24.3 Å². The van der Waals surface area contributed by atoms with Crippen molar-refractivity contribution in [3.8, 4) is 23.0 Å². The van der Waals surface area contributed by atoms with Crippen molar-refractivity contribution in [1.29, 1.82) is 0 Å². The van der Waals surface area contributed by atoms with Crippen LogP contribution < -0.4 is 24.3 Å². The monoisotopic (exact) mass is 329 g/mol. The Balaban J connectivity index is 1.60. The van der Waals surface area contributed by atoms with Gasteiger partial charge in [0.1, 0.15) is 6.61 Å². The Labute approximate surface area is 140 Å². The Morgan fingerprint density at radius 2 is 1.88 bits per heavy atom. The van der Waals surface area contributed by atoms with E-state index in [0.29, 0.717) is 29.5 Å². The van der Waals surface area contributed by atoms with Crippen LogP contribution in [0.2, 0.25) is 0 Å². The summed E-state index contributed by atoms with van der Waals surface area (Å²) in [5.74, 6) is 2.28. The fourth-order valence-corrected chi connectivity index (χ4v) is 2.44. The minimum atomic E-state index is -0.667. The zero-order chi connectivity index (χ0) is 16.9. The fourth-order valence-electron chi connectivity index (χ4n) is 2.44. The number of carbonyl (C=O) groups excluding carboxylic acids is 1. The maximum absolute atomic E-state index is 12.3. The molecule has 126 valence electrons. The predicted molar refractivity (Wildman–Crippen MR) is 87.7 cm³/mol. The summed E-state index contributed by atoms with van der Waals surface area (Å²) in [6.07, 6.45) is -0.667. The summed E-state index contributed by atoms with van der Waals surface area (Å²) in [5, 5.41) is 2.85. The lowest BCUT2D eigenvalue weighted by molar-refractivity contribution is -0.130. The summed E-state index contributed by atoms with van der Waals surface area (Å²) in [7, 11) is 3.16. The van der Waals surface area contributed by atoms with Crippen LogP contribution in [0.5, 0.6) is 23.0 Å². The van der Waals surface area contributed by atoms with Gasteiger partial charge in [-0.05, 0) is 29.8 Å². The first-order valence-corrected chi connectivity index (χ1v) is 7.58. The van der Waals surface area contributed by atoms with Crippen LogP contribution in [0.1, 0.15) is 5.56 Å². The van der Waals surface area contributed by atoms with Crippen molar-refractivity contribution in [2.45, 2.75) is 12.6 Å². The normalized spacial score (nSPS) is 15.5. The molecule has 0 bridgehead atoms. The lowest BCUT2D eigenvalue weighted by Crippen LogP contribution is -2.43. The molecule has 1 N–H and O–H groups in total. The van der Waals surface area contributed by atoms with Crippen LogP contribution in [-0.2, 0) is 11.3 Å². The number of ether oxygens (including phenoxy) is 4. The second-order valence-corrected chi connectivity index (χ2v) is 5.27. The molecule has 0 unspecified atom stereocenters. The van der Waals surface area contributed by atoms with Crippen LogP contribution in [0.15, 0.2) is 42.5 Å². The first kappa shape index (κ1) is 16.0. The summed E-state index contributed by atoms with van der Waals surface area (Å²) in [4.78, 5) is 12.3. The third-order valence-electron chi connectivity index (χ3n) is 3.72. The molecule has 1 aliphatic rings. The molecule has 0 aliphatic carbocycles. The van der Waals surface area contributed by atoms with Crippen LogP contribution in [-0.4, -0.2) is 32.8 Å². The molecule has 2 aromatic rings. The van der Waals surface area contributed by atoms with E-state index in [-0.39, 0.29) is 12.5 Å². The van der Waals surface area contributed by atoms with E-state index in [0.717, 1.165) is 5.56 Å². The van der Waals surface area contributed by atoms with Gasteiger partial charge in [-0.25, -0.2) is 0 Å². The molecule has 0 radical (unpaired) electrons. The predicted octanol–water partition coefficient (Wildman–Crippen LogP) is 2.16. The van der Waals surface area contributed by atoms with E-state index in [4.69, 9.17) is 18.9 Å². The average molecular weight is 329 g/mol. The van der Waals surface area contributed by atoms with E-state index in [1.165, 1.54) is 0 Å². The molecule has 6 nitrogen and oxygen atoms in total. The van der Waals surface area contributed by atoms with Gasteiger partial charge in [-0.3, -0.25) is 4.79 Å². The van der Waals surface area contributed by atoms with Crippen LogP contribution in [0.3, 0.4) is 0 Å². The van der Waals surface area contributed by atoms with Gasteiger partial charge in [-0.1, -0.05) is 18.2 Å². The zero-order valence-corrected chi connectivity index (χ0v) is 13.6. The van der Waals surface area contributed by atoms with Gasteiger partial charge in [0.05, 0.1) is 14.2 Å². The standard InChI is InChI=1S/C18H19NO5/c1-21-13-8-7-12(9-16(13)22-2)10-19-18(20)17-11-23-14-5-3-4-6-15(14)24-17/h3-9,17H,10-11H2,1-2H3,(H,19,20)/t17-/m1/s1. The first-order valence-electron chi connectivity index (χ1n) is 7.58. The van der Waals surface area contributed by atoms with E-state index in [9.17, 15) is 4.79 Å². The van der Waals surface area contributed by atoms with Crippen molar-refractivity contribution in [3.05, 3.63) is 48.0 Å². The summed E-state index contributed by atoms with van der Waals surface area (Å²) in [5.41, 5.74) is 0.901. The molecular formula is C18H19NO5. The topological polar surface area (TPSA) is 66.0 Å². The van der Waals surface area contributed by atoms with E-state index in [1.807, 2.05) is 30.3 Å². The number of hydrogen-bond donors (Lipinski definition) is 1. The fraction of sp³-hybridized carbons (Fsp3) is 0.278. The number of fused-ring (bicyclic) bond motifs is 1. The second kappa shape index (κ2) is 7.12. The maximum Gasteiger partial charge on any atom is 0.264 e. The van der Waals surface area contributed by atoms with E-state index in [2.05, 4.69) is 5.32 Å². The highest BCUT2D eigenvalue weighted by molar-refractivity contribution is 5.81. The van der Waals surface area contributed by atoms with Gasteiger partial charge in [-0.2, -0.15) is 0 Å². The molecule has 3 rings (SSSR count). The van der Waals surface area contributed by atoms with Gasteiger partial charge >= 0.3 is 0 Å². The SMILES string of the molecule is COc1ccc(CNC(=O)[C@H]2COc3ccccc3O2)cc1OC. The number of carbonyl (C=O) groups is 1. The Hall–Kier alpha value is -2.89. The maximum atomic E-state index is 12.3. The largest absolute Gasteiger partial charge is 0.493 e. The summed E-state index contributed by atoms with van der Waals surface area (Å²) < 4.78 is 21.7. The lowest BCUT2D eigenvalue weighted by Gasteiger charge is -2.25. The van der Waals surface area contributed by atoms with E-state index >= 15 is 0 Å². The van der Waals surface area contributed by atoms with Crippen molar-refractivity contribution >= 4 is 5.91 Å². The number of benzene rings is 2. The molecular weight excluding hydrogens is 310 g/mol. The number of hydrogen-bond acceptors (Lipinski definition) is 5. The smallest absolute Gasteiger partial charge is 0.264 e. The summed E-state index contributed by atoms with van der Waals surface area (Å²) >= 11 is 0. The number of nitrogens with one attached hydrogen (secondary N) is 1. The minimum absolute atomic E-state index is 0.189. The number of amides is 1. The van der Waals surface area contributed by atoms with E-state index in [1.54, 1.807) is 26.4 Å². The van der Waals surface area contributed by atoms with Crippen LogP contribution in [0.4, 0.5) is 0 Å². The number of para-hydroxylation sites is 2. The molecule has 2 aromatic carbocycles.